The summed E-state index contributed by atoms with van der Waals surface area (Å²) in [5, 5.41) is 0. The molecule has 21 heavy (non-hydrogen) atoms. The molecule has 0 aliphatic heterocycles. The van der Waals surface area contributed by atoms with Crippen LogP contribution in [-0.2, 0) is 4.74 Å². The van der Waals surface area contributed by atoms with E-state index in [1.54, 1.807) is 7.11 Å². The van der Waals surface area contributed by atoms with Crippen molar-refractivity contribution in [3.8, 4) is 12.0 Å². The van der Waals surface area contributed by atoms with Gasteiger partial charge in [0.25, 0.3) is 0 Å². The summed E-state index contributed by atoms with van der Waals surface area (Å²) in [6.45, 7) is 3.79. The Kier molecular flexibility index (Phi) is 5.51. The fraction of sp³-hybridized carbons (Fsp3) is 0.769. The number of hydrazine groups is 1. The molecule has 1 aromatic rings. The molecule has 1 heterocycles. The van der Waals surface area contributed by atoms with Crippen molar-refractivity contribution in [1.82, 2.24) is 15.0 Å². The number of aromatic nitrogens is 3. The van der Waals surface area contributed by atoms with E-state index in [9.17, 15) is 0 Å². The molecule has 1 aliphatic rings. The van der Waals surface area contributed by atoms with E-state index in [0.717, 1.165) is 25.7 Å². The van der Waals surface area contributed by atoms with Gasteiger partial charge in [0.05, 0.1) is 12.2 Å². The maximum Gasteiger partial charge on any atom is 0.324 e. The second-order valence-corrected chi connectivity index (χ2v) is 5.30. The topological polar surface area (TPSA) is 104 Å². The molecule has 1 saturated carbocycles. The highest BCUT2D eigenvalue weighted by Crippen LogP contribution is 2.24. The minimum Gasteiger partial charge on any atom is -0.461 e. The summed E-state index contributed by atoms with van der Waals surface area (Å²) in [6.07, 6.45) is 4.12. The van der Waals surface area contributed by atoms with E-state index in [-0.39, 0.29) is 36.3 Å². The summed E-state index contributed by atoms with van der Waals surface area (Å²) >= 11 is 0. The average molecular weight is 297 g/mol. The lowest BCUT2D eigenvalue weighted by Gasteiger charge is -2.27. The largest absolute Gasteiger partial charge is 0.461 e. The van der Waals surface area contributed by atoms with Crippen molar-refractivity contribution in [2.45, 2.75) is 57.8 Å². The lowest BCUT2D eigenvalue weighted by atomic mass is 9.95. The molecular formula is C13H23N5O3. The highest BCUT2D eigenvalue weighted by Gasteiger charge is 2.24. The molecule has 2 atom stereocenters. The van der Waals surface area contributed by atoms with Gasteiger partial charge < -0.3 is 14.2 Å². The Morgan fingerprint density at radius 1 is 1.14 bits per heavy atom. The fourth-order valence-corrected chi connectivity index (χ4v) is 2.29. The predicted molar refractivity (Wildman–Crippen MR) is 77.1 cm³/mol. The minimum absolute atomic E-state index is 0.0311. The molecule has 118 valence electrons. The Balaban J connectivity index is 2.07. The molecule has 8 heteroatoms. The fourth-order valence-electron chi connectivity index (χ4n) is 2.29. The summed E-state index contributed by atoms with van der Waals surface area (Å²) in [7, 11) is 1.72. The van der Waals surface area contributed by atoms with Crippen molar-refractivity contribution in [2.75, 3.05) is 12.5 Å². The van der Waals surface area contributed by atoms with Crippen LogP contribution in [0.5, 0.6) is 12.0 Å². The van der Waals surface area contributed by atoms with E-state index in [2.05, 4.69) is 20.4 Å². The number of rotatable bonds is 6. The van der Waals surface area contributed by atoms with Crippen molar-refractivity contribution in [2.24, 2.45) is 5.84 Å². The quantitative estimate of drug-likeness (QED) is 0.597. The third kappa shape index (κ3) is 4.68. The van der Waals surface area contributed by atoms with E-state index in [1.807, 2.05) is 13.8 Å². The van der Waals surface area contributed by atoms with Crippen LogP contribution in [0.15, 0.2) is 0 Å². The number of nitrogen functional groups attached to an aromatic ring is 1. The number of nitrogens with zero attached hydrogens (tertiary/aromatic N) is 3. The normalized spacial score (nSPS) is 22.1. The van der Waals surface area contributed by atoms with Crippen LogP contribution in [0.2, 0.25) is 0 Å². The van der Waals surface area contributed by atoms with Gasteiger partial charge in [-0.25, -0.2) is 5.84 Å². The molecule has 0 aromatic carbocycles. The summed E-state index contributed by atoms with van der Waals surface area (Å²) in [4.78, 5) is 12.3. The van der Waals surface area contributed by atoms with Crippen LogP contribution < -0.4 is 20.7 Å². The van der Waals surface area contributed by atoms with Gasteiger partial charge in [0.1, 0.15) is 6.10 Å². The molecule has 0 saturated heterocycles. The molecule has 8 nitrogen and oxygen atoms in total. The van der Waals surface area contributed by atoms with Gasteiger partial charge in [-0.05, 0) is 33.1 Å². The third-order valence-corrected chi connectivity index (χ3v) is 3.25. The first-order chi connectivity index (χ1) is 10.1. The van der Waals surface area contributed by atoms with E-state index in [1.165, 1.54) is 0 Å². The smallest absolute Gasteiger partial charge is 0.324 e. The van der Waals surface area contributed by atoms with Crippen LogP contribution in [0.25, 0.3) is 0 Å². The summed E-state index contributed by atoms with van der Waals surface area (Å²) in [5.74, 6) is 5.58. The summed E-state index contributed by atoms with van der Waals surface area (Å²) in [6, 6.07) is 0.414. The van der Waals surface area contributed by atoms with Gasteiger partial charge in [-0.1, -0.05) is 0 Å². The number of ether oxygens (including phenoxy) is 3. The number of nitrogens with one attached hydrogen (secondary N) is 1. The van der Waals surface area contributed by atoms with Crippen LogP contribution in [-0.4, -0.2) is 40.4 Å². The molecule has 0 amide bonds. The van der Waals surface area contributed by atoms with Crippen LogP contribution in [0.1, 0.15) is 39.5 Å². The van der Waals surface area contributed by atoms with Gasteiger partial charge in [-0.15, -0.1) is 4.98 Å². The van der Waals surface area contributed by atoms with Gasteiger partial charge in [0.2, 0.25) is 5.95 Å². The zero-order valence-corrected chi connectivity index (χ0v) is 12.7. The maximum atomic E-state index is 5.83. The van der Waals surface area contributed by atoms with Gasteiger partial charge in [-0.2, -0.15) is 9.97 Å². The molecule has 0 spiro atoms. The second kappa shape index (κ2) is 7.37. The first-order valence-corrected chi connectivity index (χ1v) is 7.19. The highest BCUT2D eigenvalue weighted by atomic mass is 16.5. The Morgan fingerprint density at radius 3 is 2.52 bits per heavy atom. The predicted octanol–water partition coefficient (Wildman–Crippen LogP) is 1.28. The molecular weight excluding hydrogens is 274 g/mol. The zero-order valence-electron chi connectivity index (χ0n) is 12.7. The van der Waals surface area contributed by atoms with Crippen LogP contribution in [0, 0.1) is 0 Å². The molecule has 2 unspecified atom stereocenters. The van der Waals surface area contributed by atoms with E-state index in [0.29, 0.717) is 0 Å². The van der Waals surface area contributed by atoms with Crippen molar-refractivity contribution < 1.29 is 14.2 Å². The highest BCUT2D eigenvalue weighted by molar-refractivity contribution is 5.25. The first-order valence-electron chi connectivity index (χ1n) is 7.19. The summed E-state index contributed by atoms with van der Waals surface area (Å²) in [5.41, 5.74) is 2.39. The van der Waals surface area contributed by atoms with Crippen molar-refractivity contribution in [1.29, 1.82) is 0 Å². The van der Waals surface area contributed by atoms with Gasteiger partial charge in [-0.3, -0.25) is 5.43 Å². The van der Waals surface area contributed by atoms with Crippen molar-refractivity contribution >= 4 is 5.95 Å². The van der Waals surface area contributed by atoms with Crippen LogP contribution >= 0.6 is 0 Å². The molecule has 2 rings (SSSR count). The van der Waals surface area contributed by atoms with Gasteiger partial charge in [0, 0.05) is 13.5 Å². The van der Waals surface area contributed by atoms with Crippen molar-refractivity contribution in [3.63, 3.8) is 0 Å². The lowest BCUT2D eigenvalue weighted by Crippen LogP contribution is -2.30. The molecule has 0 radical (unpaired) electrons. The average Bonchev–Trinajstić information content (AvgIpc) is 2.46. The zero-order chi connectivity index (χ0) is 15.2. The molecule has 1 aliphatic carbocycles. The molecule has 3 N–H and O–H groups in total. The molecule has 1 aromatic heterocycles. The third-order valence-electron chi connectivity index (χ3n) is 3.25. The van der Waals surface area contributed by atoms with Crippen molar-refractivity contribution in [3.05, 3.63) is 0 Å². The Labute approximate surface area is 124 Å². The Bertz CT molecular complexity index is 457. The molecule has 0 bridgehead atoms. The van der Waals surface area contributed by atoms with Crippen LogP contribution in [0.4, 0.5) is 5.95 Å². The van der Waals surface area contributed by atoms with Gasteiger partial charge >= 0.3 is 12.0 Å². The number of anilines is 1. The standard InChI is InChI=1S/C13H23N5O3/c1-8(2)20-12-15-11(18-14)16-13(17-12)21-10-6-4-5-9(7-10)19-3/h8-10H,4-7,14H2,1-3H3,(H,15,16,17,18). The first kappa shape index (κ1) is 15.7. The summed E-state index contributed by atoms with van der Waals surface area (Å²) < 4.78 is 16.7. The number of nitrogens with two attached hydrogens (primary N) is 1. The minimum atomic E-state index is -0.0431. The van der Waals surface area contributed by atoms with Crippen LogP contribution in [0.3, 0.4) is 0 Å². The maximum absolute atomic E-state index is 5.83. The van der Waals surface area contributed by atoms with Gasteiger partial charge in [0.15, 0.2) is 0 Å². The monoisotopic (exact) mass is 297 g/mol. The number of hydrogen-bond donors (Lipinski definition) is 2. The SMILES string of the molecule is COC1CCCC(Oc2nc(NN)nc(OC(C)C)n2)C1. The Hall–Kier alpha value is -1.67. The molecule has 1 fully saturated rings. The van der Waals surface area contributed by atoms with E-state index < -0.39 is 0 Å². The number of hydrogen-bond acceptors (Lipinski definition) is 8. The van der Waals surface area contributed by atoms with E-state index >= 15 is 0 Å². The Morgan fingerprint density at radius 2 is 1.86 bits per heavy atom. The number of methoxy groups -OCH3 is 1. The second-order valence-electron chi connectivity index (χ2n) is 5.30. The lowest BCUT2D eigenvalue weighted by molar-refractivity contribution is 0.0175. The van der Waals surface area contributed by atoms with E-state index in [4.69, 9.17) is 20.1 Å².